The minimum absolute atomic E-state index is 0.0561. The maximum absolute atomic E-state index is 12.8. The molecule has 0 aromatic heterocycles. The van der Waals surface area contributed by atoms with Crippen LogP contribution in [0.4, 0.5) is 0 Å². The molecule has 5 aliphatic rings. The van der Waals surface area contributed by atoms with E-state index in [1.165, 1.54) is 4.90 Å². The van der Waals surface area contributed by atoms with Crippen molar-refractivity contribution in [3.05, 3.63) is 23.8 Å². The van der Waals surface area contributed by atoms with Gasteiger partial charge < -0.3 is 19.5 Å². The van der Waals surface area contributed by atoms with E-state index in [-0.39, 0.29) is 42.1 Å². The van der Waals surface area contributed by atoms with Crippen LogP contribution in [0, 0.1) is 35.5 Å². The van der Waals surface area contributed by atoms with Crippen LogP contribution in [-0.4, -0.2) is 84.2 Å². The number of carboxylic acid groups (broad SMARTS) is 1. The zero-order chi connectivity index (χ0) is 22.7. The third kappa shape index (κ3) is 3.13. The van der Waals surface area contributed by atoms with E-state index in [1.807, 2.05) is 11.9 Å². The molecular weight excluding hydrogens is 416 g/mol. The van der Waals surface area contributed by atoms with Crippen LogP contribution < -0.4 is 0 Å². The van der Waals surface area contributed by atoms with Crippen molar-refractivity contribution < 1.29 is 33.8 Å². The van der Waals surface area contributed by atoms with E-state index in [4.69, 9.17) is 9.47 Å². The van der Waals surface area contributed by atoms with Crippen molar-refractivity contribution in [2.45, 2.75) is 25.6 Å². The third-order valence-electron chi connectivity index (χ3n) is 7.68. The van der Waals surface area contributed by atoms with Gasteiger partial charge >= 0.3 is 11.9 Å². The second-order valence-corrected chi connectivity index (χ2v) is 9.47. The average molecular weight is 444 g/mol. The molecule has 3 aliphatic heterocycles. The lowest BCUT2D eigenvalue weighted by Gasteiger charge is -2.27. The van der Waals surface area contributed by atoms with Crippen molar-refractivity contribution in [1.29, 1.82) is 0 Å². The summed E-state index contributed by atoms with van der Waals surface area (Å²) in [4.78, 5) is 53.2. The molecule has 172 valence electrons. The van der Waals surface area contributed by atoms with Crippen molar-refractivity contribution in [2.75, 3.05) is 33.3 Å². The number of hydrogen-bond acceptors (Lipinski definition) is 7. The van der Waals surface area contributed by atoms with Gasteiger partial charge in [-0.1, -0.05) is 18.2 Å². The summed E-state index contributed by atoms with van der Waals surface area (Å²) in [6.45, 7) is 3.13. The van der Waals surface area contributed by atoms with Crippen LogP contribution in [0.15, 0.2) is 23.8 Å². The summed E-state index contributed by atoms with van der Waals surface area (Å²) in [5.41, 5.74) is 0.839. The number of ether oxygens (including phenoxy) is 2. The quantitative estimate of drug-likeness (QED) is 0.323. The van der Waals surface area contributed by atoms with Crippen LogP contribution >= 0.6 is 0 Å². The summed E-state index contributed by atoms with van der Waals surface area (Å²) in [6, 6.07) is 0. The van der Waals surface area contributed by atoms with E-state index in [9.17, 15) is 24.3 Å². The van der Waals surface area contributed by atoms with Gasteiger partial charge in [0.25, 0.3) is 0 Å². The summed E-state index contributed by atoms with van der Waals surface area (Å²) in [7, 11) is 1.87. The van der Waals surface area contributed by atoms with Crippen molar-refractivity contribution in [3.63, 3.8) is 0 Å². The number of hydrogen-bond donors (Lipinski definition) is 1. The fourth-order valence-electron chi connectivity index (χ4n) is 6.29. The van der Waals surface area contributed by atoms with Crippen LogP contribution in [0.1, 0.15) is 13.3 Å². The van der Waals surface area contributed by atoms with Gasteiger partial charge in [-0.05, 0) is 37.8 Å². The first kappa shape index (κ1) is 21.3. The Balaban J connectivity index is 1.20. The minimum Gasteiger partial charge on any atom is -0.481 e. The Kier molecular flexibility index (Phi) is 5.21. The number of likely N-dealkylation sites (tertiary alicyclic amines) is 1. The topological polar surface area (TPSA) is 113 Å². The van der Waals surface area contributed by atoms with Gasteiger partial charge in [0.15, 0.2) is 0 Å². The number of likely N-dealkylation sites (N-methyl/N-ethyl adjacent to an activating group) is 1. The Morgan fingerprint density at radius 1 is 1.19 bits per heavy atom. The van der Waals surface area contributed by atoms with E-state index >= 15 is 0 Å². The first-order valence-electron chi connectivity index (χ1n) is 11.3. The van der Waals surface area contributed by atoms with Gasteiger partial charge in [-0.25, -0.2) is 0 Å². The normalized spacial score (nSPS) is 38.7. The Hall–Kier alpha value is -2.52. The number of carboxylic acids is 1. The number of carbonyl (C=O) groups is 4. The second-order valence-electron chi connectivity index (χ2n) is 9.47. The molecule has 9 nitrogen and oxygen atoms in total. The summed E-state index contributed by atoms with van der Waals surface area (Å²) in [5.74, 6) is -3.54. The monoisotopic (exact) mass is 444 g/mol. The Morgan fingerprint density at radius 3 is 2.44 bits per heavy atom. The molecule has 0 radical (unpaired) electrons. The maximum Gasteiger partial charge on any atom is 0.312 e. The molecule has 3 fully saturated rings. The summed E-state index contributed by atoms with van der Waals surface area (Å²) < 4.78 is 10.9. The van der Waals surface area contributed by atoms with E-state index in [0.717, 1.165) is 12.0 Å². The number of carbonyl (C=O) groups excluding carboxylic acids is 3. The highest BCUT2D eigenvalue weighted by atomic mass is 16.5. The number of imide groups is 1. The van der Waals surface area contributed by atoms with Gasteiger partial charge in [-0.3, -0.25) is 24.1 Å². The molecule has 0 aromatic carbocycles. The molecule has 9 heteroatoms. The number of fused-ring (bicyclic) bond motifs is 7. The molecule has 32 heavy (non-hydrogen) atoms. The van der Waals surface area contributed by atoms with Gasteiger partial charge in [0.1, 0.15) is 11.8 Å². The van der Waals surface area contributed by atoms with Crippen LogP contribution in [-0.2, 0) is 28.7 Å². The Bertz CT molecular complexity index is 897. The standard InChI is InChI=1S/C23H28N2O7/c1-3-31-23(30)18-17(22(28)29)14-9-13(19(18)32-14)10-24(2)6-7-25-20(26)15-11-4-5-12(8-11)16(15)21(25)27/h4-5,9,11-12,14-19H,3,6-8,10H2,1-2H3,(H,28,29)/t11-,12+,14-,15+,16-,17-,18-,19+/m0/s1. The molecule has 4 bridgehead atoms. The van der Waals surface area contributed by atoms with E-state index in [1.54, 1.807) is 13.0 Å². The van der Waals surface area contributed by atoms with Gasteiger partial charge in [-0.2, -0.15) is 0 Å². The number of amides is 2. The number of aliphatic carboxylic acids is 1. The first-order valence-corrected chi connectivity index (χ1v) is 11.3. The predicted molar refractivity (Wildman–Crippen MR) is 110 cm³/mol. The third-order valence-corrected chi connectivity index (χ3v) is 7.68. The molecule has 8 atom stereocenters. The van der Waals surface area contributed by atoms with Crippen LogP contribution in [0.2, 0.25) is 0 Å². The van der Waals surface area contributed by atoms with E-state index < -0.39 is 36.0 Å². The molecule has 0 unspecified atom stereocenters. The summed E-state index contributed by atoms with van der Waals surface area (Å²) in [5, 5.41) is 9.55. The van der Waals surface area contributed by atoms with Crippen molar-refractivity contribution in [2.24, 2.45) is 35.5 Å². The molecule has 0 aromatic rings. The van der Waals surface area contributed by atoms with Gasteiger partial charge in [0.2, 0.25) is 11.8 Å². The molecule has 2 saturated heterocycles. The van der Waals surface area contributed by atoms with E-state index in [2.05, 4.69) is 12.2 Å². The van der Waals surface area contributed by atoms with Gasteiger partial charge in [-0.15, -0.1) is 0 Å². The number of allylic oxidation sites excluding steroid dienone is 2. The van der Waals surface area contributed by atoms with Crippen molar-refractivity contribution in [3.8, 4) is 0 Å². The predicted octanol–water partition coefficient (Wildman–Crippen LogP) is 0.313. The molecule has 5 rings (SSSR count). The lowest BCUT2D eigenvalue weighted by atomic mass is 9.79. The summed E-state index contributed by atoms with van der Waals surface area (Å²) in [6.07, 6.45) is 5.58. The van der Waals surface area contributed by atoms with Gasteiger partial charge in [0.05, 0.1) is 30.7 Å². The molecule has 2 amide bonds. The number of nitrogens with zero attached hydrogens (tertiary/aromatic N) is 2. The highest BCUT2D eigenvalue weighted by Gasteiger charge is 2.59. The first-order chi connectivity index (χ1) is 15.3. The zero-order valence-electron chi connectivity index (χ0n) is 18.2. The van der Waals surface area contributed by atoms with Crippen molar-refractivity contribution in [1.82, 2.24) is 9.80 Å². The average Bonchev–Trinajstić information content (AvgIpc) is 3.53. The lowest BCUT2D eigenvalue weighted by Crippen LogP contribution is -2.42. The largest absolute Gasteiger partial charge is 0.481 e. The van der Waals surface area contributed by atoms with Gasteiger partial charge in [0, 0.05) is 19.6 Å². The lowest BCUT2D eigenvalue weighted by molar-refractivity contribution is -0.156. The molecule has 1 saturated carbocycles. The Labute approximate surface area is 186 Å². The smallest absolute Gasteiger partial charge is 0.312 e. The molecule has 0 spiro atoms. The number of esters is 1. The van der Waals surface area contributed by atoms with Crippen LogP contribution in [0.3, 0.4) is 0 Å². The maximum atomic E-state index is 12.8. The highest BCUT2D eigenvalue weighted by Crippen LogP contribution is 2.52. The SMILES string of the molecule is CCOC(=O)[C@H]1[C@@H](C(=O)O)[C@@H]2C=C(CN(C)CCN3C(=O)[C@@H]4[C@H](C3=O)[C@H]3C=C[C@@H]4C3)[C@H]1O2. The van der Waals surface area contributed by atoms with Crippen molar-refractivity contribution >= 4 is 23.8 Å². The van der Waals surface area contributed by atoms with Crippen LogP contribution in [0.5, 0.6) is 0 Å². The fraction of sp³-hybridized carbons (Fsp3) is 0.652. The van der Waals surface area contributed by atoms with Crippen LogP contribution in [0.25, 0.3) is 0 Å². The van der Waals surface area contributed by atoms with E-state index in [0.29, 0.717) is 19.6 Å². The summed E-state index contributed by atoms with van der Waals surface area (Å²) >= 11 is 0. The minimum atomic E-state index is -1.07. The number of rotatable bonds is 8. The molecule has 3 heterocycles. The molecule has 2 aliphatic carbocycles. The molecular formula is C23H28N2O7. The Morgan fingerprint density at radius 2 is 1.84 bits per heavy atom. The zero-order valence-corrected chi connectivity index (χ0v) is 18.2. The fourth-order valence-corrected chi connectivity index (χ4v) is 6.29. The molecule has 1 N–H and O–H groups in total. The second kappa shape index (κ2) is 7.81. The highest BCUT2D eigenvalue weighted by molar-refractivity contribution is 6.06.